The molecule has 27 heavy (non-hydrogen) atoms. The number of pyridine rings is 2. The second kappa shape index (κ2) is 6.81. The first-order valence-corrected chi connectivity index (χ1v) is 8.73. The number of hydrogen-bond donors (Lipinski definition) is 1. The molecule has 0 aliphatic heterocycles. The number of aromatic nitrogens is 4. The molecule has 0 radical (unpaired) electrons. The summed E-state index contributed by atoms with van der Waals surface area (Å²) in [6.07, 6.45) is 1.49. The molecule has 0 unspecified atom stereocenters. The Balaban J connectivity index is 1.85. The Morgan fingerprint density at radius 1 is 1.15 bits per heavy atom. The molecule has 0 aliphatic carbocycles. The maximum atomic E-state index is 13.0. The van der Waals surface area contributed by atoms with Crippen LogP contribution < -0.4 is 5.32 Å². The van der Waals surface area contributed by atoms with Crippen LogP contribution in [0.4, 0.5) is 5.82 Å². The fourth-order valence-corrected chi connectivity index (χ4v) is 3.13. The van der Waals surface area contributed by atoms with Gasteiger partial charge in [0.15, 0.2) is 5.65 Å². The van der Waals surface area contributed by atoms with Crippen molar-refractivity contribution < 1.29 is 4.79 Å². The number of nitrogens with zero attached hydrogens (tertiary/aromatic N) is 4. The third kappa shape index (κ3) is 3.27. The number of aryl methyl sites for hydroxylation is 2. The summed E-state index contributed by atoms with van der Waals surface area (Å²) >= 11 is 5.86. The topological polar surface area (TPSA) is 72.7 Å². The quantitative estimate of drug-likeness (QED) is 0.579. The fourth-order valence-electron chi connectivity index (χ4n) is 3.01. The molecular formula is C20H16ClN5O. The number of carbonyl (C=O) groups is 1. The van der Waals surface area contributed by atoms with Gasteiger partial charge in [-0.3, -0.25) is 9.48 Å². The summed E-state index contributed by atoms with van der Waals surface area (Å²) in [5.74, 6) is 0.155. The minimum Gasteiger partial charge on any atom is -0.307 e. The van der Waals surface area contributed by atoms with Gasteiger partial charge in [-0.1, -0.05) is 41.9 Å². The van der Waals surface area contributed by atoms with Crippen molar-refractivity contribution in [1.82, 2.24) is 19.7 Å². The Hall–Kier alpha value is -3.25. The molecule has 4 aromatic rings. The van der Waals surface area contributed by atoms with Crippen molar-refractivity contribution in [1.29, 1.82) is 0 Å². The van der Waals surface area contributed by atoms with Gasteiger partial charge in [0.2, 0.25) is 0 Å². The number of benzene rings is 1. The minimum atomic E-state index is -0.273. The van der Waals surface area contributed by atoms with Gasteiger partial charge in [0.25, 0.3) is 5.91 Å². The van der Waals surface area contributed by atoms with E-state index in [4.69, 9.17) is 16.6 Å². The molecule has 0 bridgehead atoms. The van der Waals surface area contributed by atoms with E-state index >= 15 is 0 Å². The predicted molar refractivity (Wildman–Crippen MR) is 106 cm³/mol. The van der Waals surface area contributed by atoms with Crippen LogP contribution in [0, 0.1) is 6.92 Å². The van der Waals surface area contributed by atoms with E-state index in [1.54, 1.807) is 22.9 Å². The monoisotopic (exact) mass is 377 g/mol. The molecule has 0 saturated carbocycles. The number of hydrogen-bond acceptors (Lipinski definition) is 4. The standard InChI is InChI=1S/C20H16ClN5O/c1-12-18-15(20(27)24-17-9-8-14(21)11-22-17)10-16(13-6-4-3-5-7-13)23-19(18)26(2)25-12/h3-11H,1-2H3,(H,22,24,27). The summed E-state index contributed by atoms with van der Waals surface area (Å²) < 4.78 is 1.69. The van der Waals surface area contributed by atoms with Gasteiger partial charge in [-0.05, 0) is 25.1 Å². The first kappa shape index (κ1) is 17.2. The van der Waals surface area contributed by atoms with Crippen molar-refractivity contribution in [3.63, 3.8) is 0 Å². The predicted octanol–water partition coefficient (Wildman–Crippen LogP) is 4.24. The highest BCUT2D eigenvalue weighted by molar-refractivity contribution is 6.30. The molecule has 134 valence electrons. The third-order valence-electron chi connectivity index (χ3n) is 4.25. The van der Waals surface area contributed by atoms with E-state index in [0.29, 0.717) is 27.7 Å². The molecule has 4 rings (SSSR count). The molecule has 0 saturated heterocycles. The largest absolute Gasteiger partial charge is 0.307 e. The molecule has 0 atom stereocenters. The van der Waals surface area contributed by atoms with Crippen molar-refractivity contribution in [2.45, 2.75) is 6.92 Å². The van der Waals surface area contributed by atoms with Gasteiger partial charge >= 0.3 is 0 Å². The summed E-state index contributed by atoms with van der Waals surface area (Å²) in [4.78, 5) is 21.9. The van der Waals surface area contributed by atoms with Crippen LogP contribution in [-0.2, 0) is 7.05 Å². The first-order valence-electron chi connectivity index (χ1n) is 8.35. The SMILES string of the molecule is Cc1nn(C)c2nc(-c3ccccc3)cc(C(=O)Nc3ccc(Cl)cn3)c12. The van der Waals surface area contributed by atoms with Gasteiger partial charge in [0.05, 0.1) is 27.4 Å². The summed E-state index contributed by atoms with van der Waals surface area (Å²) in [5.41, 5.74) is 3.54. The van der Waals surface area contributed by atoms with Crippen molar-refractivity contribution in [3.05, 3.63) is 71.0 Å². The smallest absolute Gasteiger partial charge is 0.257 e. The normalized spacial score (nSPS) is 10.9. The summed E-state index contributed by atoms with van der Waals surface area (Å²) in [5, 5.41) is 8.48. The highest BCUT2D eigenvalue weighted by atomic mass is 35.5. The Kier molecular flexibility index (Phi) is 4.33. The second-order valence-electron chi connectivity index (χ2n) is 6.14. The zero-order chi connectivity index (χ0) is 19.0. The van der Waals surface area contributed by atoms with Crippen molar-refractivity contribution >= 4 is 34.4 Å². The zero-order valence-electron chi connectivity index (χ0n) is 14.8. The van der Waals surface area contributed by atoms with E-state index < -0.39 is 0 Å². The van der Waals surface area contributed by atoms with Crippen LogP contribution >= 0.6 is 11.6 Å². The second-order valence-corrected chi connectivity index (χ2v) is 6.58. The molecule has 1 amide bonds. The lowest BCUT2D eigenvalue weighted by Gasteiger charge is -2.09. The lowest BCUT2D eigenvalue weighted by molar-refractivity contribution is 0.102. The van der Waals surface area contributed by atoms with E-state index in [-0.39, 0.29) is 5.91 Å². The van der Waals surface area contributed by atoms with Gasteiger partial charge in [-0.2, -0.15) is 5.10 Å². The van der Waals surface area contributed by atoms with Crippen LogP contribution in [0.5, 0.6) is 0 Å². The van der Waals surface area contributed by atoms with Gasteiger partial charge < -0.3 is 5.32 Å². The highest BCUT2D eigenvalue weighted by Crippen LogP contribution is 2.27. The third-order valence-corrected chi connectivity index (χ3v) is 4.48. The van der Waals surface area contributed by atoms with Crippen LogP contribution in [0.2, 0.25) is 5.02 Å². The summed E-state index contributed by atoms with van der Waals surface area (Å²) in [7, 11) is 1.82. The average Bonchev–Trinajstić information content (AvgIpc) is 2.97. The van der Waals surface area contributed by atoms with E-state index in [1.165, 1.54) is 6.20 Å². The summed E-state index contributed by atoms with van der Waals surface area (Å²) in [6.45, 7) is 1.86. The average molecular weight is 378 g/mol. The molecule has 0 aliphatic rings. The van der Waals surface area contributed by atoms with E-state index in [1.807, 2.05) is 44.3 Å². The van der Waals surface area contributed by atoms with Crippen molar-refractivity contribution in [2.24, 2.45) is 7.05 Å². The number of fused-ring (bicyclic) bond motifs is 1. The molecule has 0 fully saturated rings. The fraction of sp³-hybridized carbons (Fsp3) is 0.100. The molecule has 3 heterocycles. The molecule has 1 aromatic carbocycles. The maximum Gasteiger partial charge on any atom is 0.257 e. The molecule has 0 spiro atoms. The van der Waals surface area contributed by atoms with Gasteiger partial charge in [0.1, 0.15) is 5.82 Å². The minimum absolute atomic E-state index is 0.273. The van der Waals surface area contributed by atoms with E-state index in [9.17, 15) is 4.79 Å². The summed E-state index contributed by atoms with van der Waals surface area (Å²) in [6, 6.07) is 14.9. The van der Waals surface area contributed by atoms with Crippen LogP contribution in [0.25, 0.3) is 22.3 Å². The Bertz CT molecular complexity index is 1140. The number of amides is 1. The van der Waals surface area contributed by atoms with Crippen LogP contribution in [-0.4, -0.2) is 25.7 Å². The lowest BCUT2D eigenvalue weighted by Crippen LogP contribution is -2.14. The zero-order valence-corrected chi connectivity index (χ0v) is 15.5. The number of carbonyl (C=O) groups excluding carboxylic acids is 1. The van der Waals surface area contributed by atoms with Gasteiger partial charge in [-0.25, -0.2) is 9.97 Å². The number of rotatable bonds is 3. The number of halogens is 1. The van der Waals surface area contributed by atoms with Gasteiger partial charge in [-0.15, -0.1) is 0 Å². The maximum absolute atomic E-state index is 13.0. The van der Waals surface area contributed by atoms with E-state index in [2.05, 4.69) is 15.4 Å². The van der Waals surface area contributed by atoms with Crippen LogP contribution in [0.15, 0.2) is 54.7 Å². The first-order chi connectivity index (χ1) is 13.0. The molecule has 1 N–H and O–H groups in total. The molecule has 7 heteroatoms. The Morgan fingerprint density at radius 3 is 2.63 bits per heavy atom. The number of anilines is 1. The molecular weight excluding hydrogens is 362 g/mol. The van der Waals surface area contributed by atoms with Crippen molar-refractivity contribution in [2.75, 3.05) is 5.32 Å². The van der Waals surface area contributed by atoms with Crippen LogP contribution in [0.3, 0.4) is 0 Å². The van der Waals surface area contributed by atoms with E-state index in [0.717, 1.165) is 16.6 Å². The molecule has 6 nitrogen and oxygen atoms in total. The van der Waals surface area contributed by atoms with Gasteiger partial charge in [0, 0.05) is 18.8 Å². The Morgan fingerprint density at radius 2 is 1.93 bits per heavy atom. The molecule has 3 aromatic heterocycles. The Labute approximate surface area is 160 Å². The van der Waals surface area contributed by atoms with Crippen LogP contribution in [0.1, 0.15) is 16.1 Å². The number of nitrogens with one attached hydrogen (secondary N) is 1. The van der Waals surface area contributed by atoms with Crippen molar-refractivity contribution in [3.8, 4) is 11.3 Å². The lowest BCUT2D eigenvalue weighted by atomic mass is 10.0. The highest BCUT2D eigenvalue weighted by Gasteiger charge is 2.19.